The molecule has 0 spiro atoms. The van der Waals surface area contributed by atoms with Crippen molar-refractivity contribution in [3.05, 3.63) is 92.2 Å². The number of ether oxygens (including phenoxy) is 2. The lowest BCUT2D eigenvalue weighted by Crippen LogP contribution is -2.14. The largest absolute Gasteiger partial charge is 0.480 e. The Balaban J connectivity index is 1.77. The maximum absolute atomic E-state index is 13.9. The number of amides is 2. The monoisotopic (exact) mass is 477 g/mol. The molecule has 2 amide bonds. The van der Waals surface area contributed by atoms with Crippen LogP contribution in [0.4, 0.5) is 20.6 Å². The van der Waals surface area contributed by atoms with E-state index in [0.717, 1.165) is 0 Å². The van der Waals surface area contributed by atoms with Crippen LogP contribution in [0.25, 0.3) is 0 Å². The number of nitro benzene ring substituents is 1. The number of aliphatic imine (C=N–C) groups is 1. The SMILES string of the molecule is CO/C(=N\C(=O)Nc1cc(Cl)c(Oc2ccc([N+](=O)[O-])cc2)c(Cl)c1)c1ccccc1F. The summed E-state index contributed by atoms with van der Waals surface area (Å²) in [5.74, 6) is -0.446. The number of nitrogens with zero attached hydrogens (tertiary/aromatic N) is 2. The van der Waals surface area contributed by atoms with Gasteiger partial charge in [-0.25, -0.2) is 9.18 Å². The fourth-order valence-corrected chi connectivity index (χ4v) is 3.14. The van der Waals surface area contributed by atoms with Gasteiger partial charge in [0.05, 0.1) is 27.6 Å². The second-order valence-corrected chi connectivity index (χ2v) is 6.97. The molecule has 0 atom stereocenters. The van der Waals surface area contributed by atoms with Crippen molar-refractivity contribution in [2.75, 3.05) is 12.4 Å². The summed E-state index contributed by atoms with van der Waals surface area (Å²) >= 11 is 12.4. The average Bonchev–Trinajstić information content (AvgIpc) is 2.75. The normalized spacial score (nSPS) is 11.1. The molecule has 3 rings (SSSR count). The van der Waals surface area contributed by atoms with E-state index in [1.165, 1.54) is 61.7 Å². The number of rotatable bonds is 5. The third-order valence-electron chi connectivity index (χ3n) is 4.02. The van der Waals surface area contributed by atoms with Gasteiger partial charge in [-0.1, -0.05) is 35.3 Å². The van der Waals surface area contributed by atoms with E-state index in [9.17, 15) is 19.3 Å². The van der Waals surface area contributed by atoms with Crippen LogP contribution in [0.1, 0.15) is 5.56 Å². The molecule has 8 nitrogen and oxygen atoms in total. The Bertz CT molecular complexity index is 1180. The minimum atomic E-state index is -0.846. The molecule has 0 fully saturated rings. The molecule has 11 heteroatoms. The Morgan fingerprint density at radius 2 is 1.72 bits per heavy atom. The number of hydrogen-bond acceptors (Lipinski definition) is 5. The van der Waals surface area contributed by atoms with Crippen LogP contribution in [0.2, 0.25) is 10.0 Å². The zero-order valence-corrected chi connectivity index (χ0v) is 17.9. The zero-order valence-electron chi connectivity index (χ0n) is 16.3. The van der Waals surface area contributed by atoms with E-state index in [4.69, 9.17) is 32.7 Å². The van der Waals surface area contributed by atoms with Gasteiger partial charge in [0.25, 0.3) is 5.69 Å². The number of non-ortho nitro benzene ring substituents is 1. The number of anilines is 1. The number of carbonyl (C=O) groups excluding carboxylic acids is 1. The third kappa shape index (κ3) is 5.51. The standard InChI is InChI=1S/C21H14Cl2FN3O5/c1-31-20(15-4-2-3-5-18(15)24)26-21(28)25-12-10-16(22)19(17(23)11-12)32-14-8-6-13(7-9-14)27(29)30/h2-11H,1H3,(H,25,28)/b26-20-. The summed E-state index contributed by atoms with van der Waals surface area (Å²) in [6, 6.07) is 12.9. The number of halogens is 3. The van der Waals surface area contributed by atoms with E-state index >= 15 is 0 Å². The molecular formula is C21H14Cl2FN3O5. The maximum Gasteiger partial charge on any atom is 0.348 e. The molecule has 32 heavy (non-hydrogen) atoms. The highest BCUT2D eigenvalue weighted by Gasteiger charge is 2.15. The topological polar surface area (TPSA) is 103 Å². The summed E-state index contributed by atoms with van der Waals surface area (Å²) in [5.41, 5.74) is 0.126. The predicted octanol–water partition coefficient (Wildman–Crippen LogP) is 6.46. The summed E-state index contributed by atoms with van der Waals surface area (Å²) in [7, 11) is 1.26. The Hall–Kier alpha value is -3.69. The summed E-state index contributed by atoms with van der Waals surface area (Å²) in [6.07, 6.45) is 0. The summed E-state index contributed by atoms with van der Waals surface area (Å²) in [5, 5.41) is 13.3. The first-order valence-corrected chi connectivity index (χ1v) is 9.64. The molecule has 0 aliphatic carbocycles. The van der Waals surface area contributed by atoms with Crippen LogP contribution in [0.15, 0.2) is 65.7 Å². The Morgan fingerprint density at radius 3 is 2.28 bits per heavy atom. The maximum atomic E-state index is 13.9. The third-order valence-corrected chi connectivity index (χ3v) is 4.58. The highest BCUT2D eigenvalue weighted by Crippen LogP contribution is 2.39. The molecule has 0 unspecified atom stereocenters. The van der Waals surface area contributed by atoms with E-state index in [2.05, 4.69) is 10.3 Å². The van der Waals surface area contributed by atoms with Crippen LogP contribution >= 0.6 is 23.2 Å². The predicted molar refractivity (Wildman–Crippen MR) is 119 cm³/mol. The highest BCUT2D eigenvalue weighted by atomic mass is 35.5. The molecule has 0 radical (unpaired) electrons. The Labute approximate surface area is 191 Å². The molecule has 3 aromatic rings. The molecule has 1 N–H and O–H groups in total. The van der Waals surface area contributed by atoms with Crippen LogP contribution in [0.5, 0.6) is 11.5 Å². The average molecular weight is 478 g/mol. The fraction of sp³-hybridized carbons (Fsp3) is 0.0476. The lowest BCUT2D eigenvalue weighted by atomic mass is 10.2. The number of benzene rings is 3. The quantitative estimate of drug-likeness (QED) is 0.196. The first-order valence-electron chi connectivity index (χ1n) is 8.88. The van der Waals surface area contributed by atoms with E-state index in [-0.39, 0.29) is 44.4 Å². The molecule has 0 aliphatic heterocycles. The smallest absolute Gasteiger partial charge is 0.348 e. The van der Waals surface area contributed by atoms with Gasteiger partial charge in [0.15, 0.2) is 5.75 Å². The second-order valence-electron chi connectivity index (χ2n) is 6.15. The lowest BCUT2D eigenvalue weighted by molar-refractivity contribution is -0.384. The summed E-state index contributed by atoms with van der Waals surface area (Å²) in [4.78, 5) is 26.2. The molecule has 0 bridgehead atoms. The zero-order chi connectivity index (χ0) is 23.3. The van der Waals surface area contributed by atoms with E-state index in [0.29, 0.717) is 0 Å². The van der Waals surface area contributed by atoms with E-state index < -0.39 is 16.8 Å². The van der Waals surface area contributed by atoms with Crippen molar-refractivity contribution >= 4 is 46.5 Å². The lowest BCUT2D eigenvalue weighted by Gasteiger charge is -2.12. The van der Waals surface area contributed by atoms with Gasteiger partial charge < -0.3 is 14.8 Å². The number of carbonyl (C=O) groups is 1. The molecule has 0 aliphatic rings. The number of nitrogens with one attached hydrogen (secondary N) is 1. The summed E-state index contributed by atoms with van der Waals surface area (Å²) < 4.78 is 24.5. The number of nitro groups is 1. The molecule has 0 saturated heterocycles. The number of urea groups is 1. The van der Waals surface area contributed by atoms with Gasteiger partial charge in [-0.15, -0.1) is 0 Å². The fourth-order valence-electron chi connectivity index (χ4n) is 2.58. The molecule has 164 valence electrons. The molecule has 0 aromatic heterocycles. The van der Waals surface area contributed by atoms with Crippen molar-refractivity contribution in [2.24, 2.45) is 4.99 Å². The van der Waals surface area contributed by atoms with Gasteiger partial charge in [-0.05, 0) is 36.4 Å². The van der Waals surface area contributed by atoms with Gasteiger partial charge >= 0.3 is 6.03 Å². The van der Waals surface area contributed by atoms with Gasteiger partial charge in [-0.3, -0.25) is 10.1 Å². The Morgan fingerprint density at radius 1 is 1.09 bits per heavy atom. The second kappa shape index (κ2) is 10.1. The van der Waals surface area contributed by atoms with Crippen molar-refractivity contribution in [3.8, 4) is 11.5 Å². The van der Waals surface area contributed by atoms with Crippen molar-refractivity contribution in [2.45, 2.75) is 0 Å². The van der Waals surface area contributed by atoms with Crippen LogP contribution in [0.3, 0.4) is 0 Å². The van der Waals surface area contributed by atoms with Gasteiger partial charge in [-0.2, -0.15) is 4.99 Å². The molecule has 0 saturated carbocycles. The van der Waals surface area contributed by atoms with Crippen molar-refractivity contribution in [1.82, 2.24) is 0 Å². The summed E-state index contributed by atoms with van der Waals surface area (Å²) in [6.45, 7) is 0. The van der Waals surface area contributed by atoms with Crippen molar-refractivity contribution < 1.29 is 23.6 Å². The number of hydrogen-bond donors (Lipinski definition) is 1. The minimum Gasteiger partial charge on any atom is -0.480 e. The van der Waals surface area contributed by atoms with Crippen LogP contribution in [-0.4, -0.2) is 24.0 Å². The first-order chi connectivity index (χ1) is 15.3. The first kappa shape index (κ1) is 23.0. The van der Waals surface area contributed by atoms with E-state index in [1.807, 2.05) is 0 Å². The highest BCUT2D eigenvalue weighted by molar-refractivity contribution is 6.37. The van der Waals surface area contributed by atoms with Crippen LogP contribution in [0, 0.1) is 15.9 Å². The Kier molecular flexibility index (Phi) is 7.24. The van der Waals surface area contributed by atoms with Crippen molar-refractivity contribution in [3.63, 3.8) is 0 Å². The van der Waals surface area contributed by atoms with Crippen LogP contribution in [-0.2, 0) is 4.74 Å². The van der Waals surface area contributed by atoms with Gasteiger partial charge in [0.2, 0.25) is 5.90 Å². The van der Waals surface area contributed by atoms with Gasteiger partial charge in [0.1, 0.15) is 11.6 Å². The minimum absolute atomic E-state index is 0.0214. The molecule has 0 heterocycles. The van der Waals surface area contributed by atoms with Crippen LogP contribution < -0.4 is 10.1 Å². The van der Waals surface area contributed by atoms with Gasteiger partial charge in [0, 0.05) is 17.8 Å². The number of methoxy groups -OCH3 is 1. The van der Waals surface area contributed by atoms with Crippen molar-refractivity contribution in [1.29, 1.82) is 0 Å². The van der Waals surface area contributed by atoms with E-state index in [1.54, 1.807) is 6.07 Å². The molecule has 3 aromatic carbocycles. The molecular weight excluding hydrogens is 464 g/mol.